The quantitative estimate of drug-likeness (QED) is 0.643. The molecule has 0 aliphatic carbocycles. The lowest BCUT2D eigenvalue weighted by Crippen LogP contribution is -2.19. The molecule has 2 heterocycles. The van der Waals surface area contributed by atoms with Gasteiger partial charge in [-0.15, -0.1) is 0 Å². The summed E-state index contributed by atoms with van der Waals surface area (Å²) in [5.41, 5.74) is 1.36. The van der Waals surface area contributed by atoms with Crippen LogP contribution in [0.1, 0.15) is 18.5 Å². The van der Waals surface area contributed by atoms with Crippen molar-refractivity contribution >= 4 is 40.2 Å². The molecule has 0 amide bonds. The van der Waals surface area contributed by atoms with Gasteiger partial charge in [-0.2, -0.15) is 5.10 Å². The van der Waals surface area contributed by atoms with Crippen LogP contribution in [0, 0.1) is 0 Å². The zero-order valence-corrected chi connectivity index (χ0v) is 14.3. The fraction of sp³-hybridized carbons (Fsp3) is 0.267. The Morgan fingerprint density at radius 3 is 2.88 bits per heavy atom. The fourth-order valence-electron chi connectivity index (χ4n) is 2.30. The lowest BCUT2D eigenvalue weighted by atomic mass is 10.2. The van der Waals surface area contributed by atoms with Gasteiger partial charge in [-0.1, -0.05) is 29.3 Å². The number of anilines is 1. The Hall–Kier alpha value is -2.09. The van der Waals surface area contributed by atoms with Gasteiger partial charge in [0.1, 0.15) is 5.52 Å². The van der Waals surface area contributed by atoms with Gasteiger partial charge in [0.15, 0.2) is 5.52 Å². The summed E-state index contributed by atoms with van der Waals surface area (Å²) in [4.78, 5) is 19.3. The third-order valence-corrected chi connectivity index (χ3v) is 4.32. The molecule has 3 N–H and O–H groups in total. The topological polar surface area (TPSA) is 95.8 Å². The van der Waals surface area contributed by atoms with Gasteiger partial charge in [-0.3, -0.25) is 14.5 Å². The second-order valence-corrected chi connectivity index (χ2v) is 6.19. The highest BCUT2D eigenvalue weighted by Crippen LogP contribution is 2.23. The molecule has 0 aliphatic heterocycles. The minimum atomic E-state index is -0.325. The van der Waals surface area contributed by atoms with Crippen LogP contribution in [0.2, 0.25) is 10.0 Å². The molecule has 2 aromatic heterocycles. The van der Waals surface area contributed by atoms with Crippen molar-refractivity contribution in [1.29, 1.82) is 0 Å². The summed E-state index contributed by atoms with van der Waals surface area (Å²) in [6.45, 7) is 2.07. The summed E-state index contributed by atoms with van der Waals surface area (Å²) in [6, 6.07) is 4.98. The summed E-state index contributed by atoms with van der Waals surface area (Å²) < 4.78 is 1.46. The number of nitrogens with one attached hydrogen (secondary N) is 2. The SMILES string of the molecule is CC(CO)n1ncc2nc(NCc3ccc(Cl)c(Cl)c3)[nH]c(=O)c21. The first-order valence-electron chi connectivity index (χ1n) is 7.25. The molecule has 1 atom stereocenters. The Morgan fingerprint density at radius 1 is 1.38 bits per heavy atom. The smallest absolute Gasteiger partial charge is 0.278 e. The van der Waals surface area contributed by atoms with Gasteiger partial charge in [0.05, 0.1) is 28.9 Å². The van der Waals surface area contributed by atoms with Gasteiger partial charge in [0.2, 0.25) is 5.95 Å². The summed E-state index contributed by atoms with van der Waals surface area (Å²) in [5.74, 6) is 0.328. The molecule has 0 saturated carbocycles. The maximum absolute atomic E-state index is 12.3. The van der Waals surface area contributed by atoms with Crippen molar-refractivity contribution < 1.29 is 5.11 Å². The van der Waals surface area contributed by atoms with E-state index in [9.17, 15) is 9.90 Å². The number of benzene rings is 1. The zero-order chi connectivity index (χ0) is 17.3. The fourth-order valence-corrected chi connectivity index (χ4v) is 2.62. The molecular weight excluding hydrogens is 353 g/mol. The third-order valence-electron chi connectivity index (χ3n) is 3.58. The van der Waals surface area contributed by atoms with Crippen LogP contribution in [-0.2, 0) is 6.54 Å². The third kappa shape index (κ3) is 3.24. The number of aliphatic hydroxyl groups is 1. The van der Waals surface area contributed by atoms with Crippen molar-refractivity contribution in [3.8, 4) is 0 Å². The average molecular weight is 368 g/mol. The summed E-state index contributed by atoms with van der Waals surface area (Å²) in [5, 5.41) is 17.3. The van der Waals surface area contributed by atoms with E-state index in [1.165, 1.54) is 10.9 Å². The standard InChI is InChI=1S/C15H15Cl2N5O2/c1-8(7-23)22-13-12(6-19-22)20-15(21-14(13)24)18-5-9-2-3-10(16)11(17)4-9/h2-4,6,8,23H,5,7H2,1H3,(H2,18,20,21,24). The number of hydrogen-bond donors (Lipinski definition) is 3. The average Bonchev–Trinajstić information content (AvgIpc) is 3.00. The van der Waals surface area contributed by atoms with E-state index in [1.807, 2.05) is 6.07 Å². The van der Waals surface area contributed by atoms with Crippen molar-refractivity contribution in [1.82, 2.24) is 19.7 Å². The van der Waals surface area contributed by atoms with E-state index in [0.29, 0.717) is 33.6 Å². The maximum atomic E-state index is 12.3. The molecular formula is C15H15Cl2N5O2. The second-order valence-electron chi connectivity index (χ2n) is 5.37. The van der Waals surface area contributed by atoms with E-state index in [2.05, 4.69) is 20.4 Å². The number of fused-ring (bicyclic) bond motifs is 1. The molecule has 0 aliphatic rings. The van der Waals surface area contributed by atoms with Gasteiger partial charge in [-0.25, -0.2) is 4.98 Å². The van der Waals surface area contributed by atoms with E-state index in [0.717, 1.165) is 5.56 Å². The van der Waals surface area contributed by atoms with Crippen LogP contribution in [0.4, 0.5) is 5.95 Å². The van der Waals surface area contributed by atoms with Crippen LogP contribution in [0.5, 0.6) is 0 Å². The molecule has 0 spiro atoms. The van der Waals surface area contributed by atoms with Crippen LogP contribution in [-0.4, -0.2) is 31.5 Å². The highest BCUT2D eigenvalue weighted by Gasteiger charge is 2.14. The van der Waals surface area contributed by atoms with Gasteiger partial charge in [-0.05, 0) is 24.6 Å². The molecule has 126 valence electrons. The minimum Gasteiger partial charge on any atom is -0.394 e. The minimum absolute atomic E-state index is 0.118. The van der Waals surface area contributed by atoms with Crippen LogP contribution in [0.15, 0.2) is 29.2 Å². The second kappa shape index (κ2) is 6.80. The summed E-state index contributed by atoms with van der Waals surface area (Å²) in [6.07, 6.45) is 1.50. The molecule has 24 heavy (non-hydrogen) atoms. The molecule has 7 nitrogen and oxygen atoms in total. The first kappa shape index (κ1) is 16.8. The highest BCUT2D eigenvalue weighted by atomic mass is 35.5. The molecule has 3 aromatic rings. The summed E-state index contributed by atoms with van der Waals surface area (Å²) in [7, 11) is 0. The van der Waals surface area contributed by atoms with Crippen LogP contribution in [0.3, 0.4) is 0 Å². The number of aromatic nitrogens is 4. The molecule has 1 aromatic carbocycles. The molecule has 9 heteroatoms. The Bertz CT molecular complexity index is 937. The number of nitrogens with zero attached hydrogens (tertiary/aromatic N) is 3. The van der Waals surface area contributed by atoms with E-state index in [1.54, 1.807) is 19.1 Å². The van der Waals surface area contributed by atoms with E-state index in [4.69, 9.17) is 23.2 Å². The normalized spacial score (nSPS) is 12.5. The first-order valence-corrected chi connectivity index (χ1v) is 8.01. The molecule has 0 fully saturated rings. The molecule has 0 radical (unpaired) electrons. The van der Waals surface area contributed by atoms with E-state index < -0.39 is 0 Å². The van der Waals surface area contributed by atoms with Crippen LogP contribution < -0.4 is 10.9 Å². The largest absolute Gasteiger partial charge is 0.394 e. The molecule has 0 bridgehead atoms. The van der Waals surface area contributed by atoms with Crippen molar-refractivity contribution in [2.45, 2.75) is 19.5 Å². The Labute approximate surface area is 147 Å². The number of rotatable bonds is 5. The number of hydrogen-bond acceptors (Lipinski definition) is 5. The Morgan fingerprint density at radius 2 is 2.17 bits per heavy atom. The number of aliphatic hydroxyl groups excluding tert-OH is 1. The van der Waals surface area contributed by atoms with Gasteiger partial charge < -0.3 is 10.4 Å². The lowest BCUT2D eigenvalue weighted by molar-refractivity contribution is 0.233. The molecule has 0 saturated heterocycles. The summed E-state index contributed by atoms with van der Waals surface area (Å²) >= 11 is 11.9. The van der Waals surface area contributed by atoms with Crippen molar-refractivity contribution in [2.75, 3.05) is 11.9 Å². The maximum Gasteiger partial charge on any atom is 0.278 e. The van der Waals surface area contributed by atoms with Crippen LogP contribution in [0.25, 0.3) is 11.0 Å². The predicted octanol–water partition coefficient (Wildman–Crippen LogP) is 2.59. The van der Waals surface area contributed by atoms with Crippen molar-refractivity contribution in [3.05, 3.63) is 50.4 Å². The van der Waals surface area contributed by atoms with Gasteiger partial charge in [0.25, 0.3) is 5.56 Å². The Balaban J connectivity index is 1.86. The first-order chi connectivity index (χ1) is 11.5. The molecule has 1 unspecified atom stereocenters. The number of halogens is 2. The van der Waals surface area contributed by atoms with E-state index in [-0.39, 0.29) is 18.2 Å². The highest BCUT2D eigenvalue weighted by molar-refractivity contribution is 6.42. The van der Waals surface area contributed by atoms with Gasteiger partial charge in [0, 0.05) is 6.54 Å². The van der Waals surface area contributed by atoms with Crippen molar-refractivity contribution in [3.63, 3.8) is 0 Å². The predicted molar refractivity (Wildman–Crippen MR) is 93.7 cm³/mol. The molecule has 3 rings (SSSR count). The van der Waals surface area contributed by atoms with Crippen molar-refractivity contribution in [2.24, 2.45) is 0 Å². The van der Waals surface area contributed by atoms with Crippen LogP contribution >= 0.6 is 23.2 Å². The van der Waals surface area contributed by atoms with Gasteiger partial charge >= 0.3 is 0 Å². The number of aromatic amines is 1. The van der Waals surface area contributed by atoms with E-state index >= 15 is 0 Å². The Kier molecular flexibility index (Phi) is 4.75. The lowest BCUT2D eigenvalue weighted by Gasteiger charge is -2.10. The number of H-pyrrole nitrogens is 1. The zero-order valence-electron chi connectivity index (χ0n) is 12.8. The monoisotopic (exact) mass is 367 g/mol.